The predicted molar refractivity (Wildman–Crippen MR) is 108 cm³/mol. The molecule has 1 amide bonds. The van der Waals surface area contributed by atoms with E-state index in [-0.39, 0.29) is 12.5 Å². The Balaban J connectivity index is 2.13. The van der Waals surface area contributed by atoms with Gasteiger partial charge in [-0.15, -0.1) is 0 Å². The average molecular weight is 398 g/mol. The SMILES string of the molecule is CB(O)NC(C)(C)C(=O)N[C@H](COCc1ccccc1)c1nocc1CCC#N. The summed E-state index contributed by atoms with van der Waals surface area (Å²) >= 11 is 0. The highest BCUT2D eigenvalue weighted by Gasteiger charge is 2.32. The number of carbonyl (C=O) groups excluding carboxylic acids is 1. The zero-order chi connectivity index (χ0) is 21.3. The number of ether oxygens (including phenoxy) is 1. The number of aryl methyl sites for hydroxylation is 1. The lowest BCUT2D eigenvalue weighted by Gasteiger charge is -2.28. The molecule has 1 heterocycles. The van der Waals surface area contributed by atoms with Crippen LogP contribution in [0.5, 0.6) is 0 Å². The summed E-state index contributed by atoms with van der Waals surface area (Å²) in [7, 11) is -0.846. The molecule has 0 saturated carbocycles. The van der Waals surface area contributed by atoms with Crippen molar-refractivity contribution in [2.45, 2.75) is 51.7 Å². The highest BCUT2D eigenvalue weighted by Crippen LogP contribution is 2.20. The molecule has 0 aliphatic heterocycles. The number of hydrogen-bond acceptors (Lipinski definition) is 7. The van der Waals surface area contributed by atoms with Crippen molar-refractivity contribution in [3.63, 3.8) is 0 Å². The van der Waals surface area contributed by atoms with E-state index in [4.69, 9.17) is 14.5 Å². The van der Waals surface area contributed by atoms with Gasteiger partial charge in [0.25, 0.3) is 0 Å². The van der Waals surface area contributed by atoms with Gasteiger partial charge in [0.15, 0.2) is 0 Å². The summed E-state index contributed by atoms with van der Waals surface area (Å²) in [4.78, 5) is 12.8. The zero-order valence-corrected chi connectivity index (χ0v) is 17.0. The summed E-state index contributed by atoms with van der Waals surface area (Å²) in [6, 6.07) is 11.2. The van der Waals surface area contributed by atoms with Crippen LogP contribution in [0.25, 0.3) is 0 Å². The van der Waals surface area contributed by atoms with Gasteiger partial charge in [0.05, 0.1) is 30.9 Å². The first-order chi connectivity index (χ1) is 13.8. The van der Waals surface area contributed by atoms with Crippen molar-refractivity contribution in [2.24, 2.45) is 0 Å². The minimum Gasteiger partial charge on any atom is -0.437 e. The lowest BCUT2D eigenvalue weighted by Crippen LogP contribution is -2.57. The van der Waals surface area contributed by atoms with Crippen molar-refractivity contribution < 1.29 is 19.1 Å². The van der Waals surface area contributed by atoms with Gasteiger partial charge < -0.3 is 24.8 Å². The van der Waals surface area contributed by atoms with Gasteiger partial charge >= 0.3 is 7.05 Å². The Hall–Kier alpha value is -2.67. The van der Waals surface area contributed by atoms with Crippen molar-refractivity contribution >= 4 is 13.0 Å². The lowest BCUT2D eigenvalue weighted by molar-refractivity contribution is -0.127. The van der Waals surface area contributed by atoms with Gasteiger partial charge in [-0.25, -0.2) is 0 Å². The number of carbonyl (C=O) groups is 1. The number of nitrogens with one attached hydrogen (secondary N) is 2. The smallest absolute Gasteiger partial charge is 0.374 e. The van der Waals surface area contributed by atoms with Crippen molar-refractivity contribution in [1.82, 2.24) is 15.7 Å². The first-order valence-corrected chi connectivity index (χ1v) is 9.52. The largest absolute Gasteiger partial charge is 0.437 e. The summed E-state index contributed by atoms with van der Waals surface area (Å²) in [5.41, 5.74) is 1.29. The van der Waals surface area contributed by atoms with Gasteiger partial charge in [0, 0.05) is 12.0 Å². The van der Waals surface area contributed by atoms with Crippen LogP contribution in [0, 0.1) is 11.3 Å². The summed E-state index contributed by atoms with van der Waals surface area (Å²) in [6.07, 6.45) is 2.27. The second-order valence-electron chi connectivity index (χ2n) is 7.36. The average Bonchev–Trinajstić information content (AvgIpc) is 3.13. The van der Waals surface area contributed by atoms with Crippen LogP contribution in [0.2, 0.25) is 6.82 Å². The third kappa shape index (κ3) is 7.02. The van der Waals surface area contributed by atoms with Crippen LogP contribution in [0.15, 0.2) is 41.1 Å². The Morgan fingerprint density at radius 1 is 1.41 bits per heavy atom. The van der Waals surface area contributed by atoms with E-state index < -0.39 is 18.6 Å². The molecule has 0 radical (unpaired) electrons. The first kappa shape index (κ1) is 22.6. The molecule has 0 aliphatic rings. The molecule has 2 rings (SSSR count). The fourth-order valence-corrected chi connectivity index (χ4v) is 2.91. The topological polar surface area (TPSA) is 120 Å². The van der Waals surface area contributed by atoms with Crippen LogP contribution in [0.3, 0.4) is 0 Å². The molecule has 0 aliphatic carbocycles. The highest BCUT2D eigenvalue weighted by atomic mass is 16.5. The van der Waals surface area contributed by atoms with Gasteiger partial charge in [-0.1, -0.05) is 35.5 Å². The van der Waals surface area contributed by atoms with E-state index in [1.165, 1.54) is 6.26 Å². The van der Waals surface area contributed by atoms with Crippen LogP contribution in [0.4, 0.5) is 0 Å². The molecule has 2 aromatic rings. The molecule has 154 valence electrons. The predicted octanol–water partition coefficient (Wildman–Crippen LogP) is 1.98. The van der Waals surface area contributed by atoms with Crippen molar-refractivity contribution in [3.8, 4) is 6.07 Å². The minimum atomic E-state index is -1.01. The minimum absolute atomic E-state index is 0.178. The van der Waals surface area contributed by atoms with Crippen LogP contribution >= 0.6 is 0 Å². The third-order valence-corrected chi connectivity index (χ3v) is 4.35. The van der Waals surface area contributed by atoms with E-state index in [9.17, 15) is 9.82 Å². The highest BCUT2D eigenvalue weighted by molar-refractivity contribution is 6.46. The molecule has 0 spiro atoms. The Kier molecular flexibility index (Phi) is 8.40. The Labute approximate surface area is 171 Å². The van der Waals surface area contributed by atoms with E-state index in [0.717, 1.165) is 11.1 Å². The molecule has 29 heavy (non-hydrogen) atoms. The van der Waals surface area contributed by atoms with Crippen LogP contribution in [-0.4, -0.2) is 35.3 Å². The second-order valence-corrected chi connectivity index (χ2v) is 7.36. The number of nitrogens with zero attached hydrogens (tertiary/aromatic N) is 2. The van der Waals surface area contributed by atoms with Gasteiger partial charge in [0.1, 0.15) is 12.0 Å². The zero-order valence-electron chi connectivity index (χ0n) is 17.0. The molecule has 0 bridgehead atoms. The summed E-state index contributed by atoms with van der Waals surface area (Å²) < 4.78 is 10.9. The molecule has 9 heteroatoms. The van der Waals surface area contributed by atoms with Crippen molar-refractivity contribution in [2.75, 3.05) is 6.61 Å². The van der Waals surface area contributed by atoms with Crippen molar-refractivity contribution in [1.29, 1.82) is 5.26 Å². The molecular weight excluding hydrogens is 371 g/mol. The third-order valence-electron chi connectivity index (χ3n) is 4.35. The second kappa shape index (κ2) is 10.8. The number of aromatic nitrogens is 1. The molecule has 0 unspecified atom stereocenters. The van der Waals surface area contributed by atoms with Crippen molar-refractivity contribution in [3.05, 3.63) is 53.4 Å². The van der Waals surface area contributed by atoms with E-state index in [1.54, 1.807) is 20.7 Å². The number of hydrogen-bond donors (Lipinski definition) is 3. The Morgan fingerprint density at radius 3 is 2.79 bits per heavy atom. The van der Waals surface area contributed by atoms with Crippen LogP contribution < -0.4 is 10.5 Å². The van der Waals surface area contributed by atoms with Gasteiger partial charge in [-0.2, -0.15) is 5.26 Å². The van der Waals surface area contributed by atoms with Gasteiger partial charge in [-0.05, 0) is 32.7 Å². The molecule has 8 nitrogen and oxygen atoms in total. The van der Waals surface area contributed by atoms with E-state index in [1.807, 2.05) is 30.3 Å². The van der Waals surface area contributed by atoms with E-state index in [0.29, 0.717) is 25.1 Å². The van der Waals surface area contributed by atoms with Crippen LogP contribution in [-0.2, 0) is 22.6 Å². The normalized spacial score (nSPS) is 12.2. The van der Waals surface area contributed by atoms with E-state index in [2.05, 4.69) is 21.8 Å². The van der Waals surface area contributed by atoms with E-state index >= 15 is 0 Å². The van der Waals surface area contributed by atoms with Crippen LogP contribution in [0.1, 0.15) is 43.1 Å². The molecule has 1 aromatic carbocycles. The molecule has 1 aromatic heterocycles. The number of benzene rings is 1. The molecule has 0 fully saturated rings. The molecule has 3 N–H and O–H groups in total. The molecular formula is C20H27BN4O4. The Morgan fingerprint density at radius 2 is 2.14 bits per heavy atom. The number of amides is 1. The molecule has 1 atom stereocenters. The summed E-state index contributed by atoms with van der Waals surface area (Å²) in [6.45, 7) is 5.46. The lowest BCUT2D eigenvalue weighted by atomic mass is 9.83. The number of nitriles is 1. The summed E-state index contributed by atoms with van der Waals surface area (Å²) in [5, 5.41) is 28.2. The Bertz CT molecular complexity index is 817. The number of rotatable bonds is 11. The monoisotopic (exact) mass is 398 g/mol. The molecule has 0 saturated heterocycles. The van der Waals surface area contributed by atoms with Gasteiger partial charge in [0.2, 0.25) is 5.91 Å². The summed E-state index contributed by atoms with van der Waals surface area (Å²) in [5.74, 6) is -0.319. The standard InChI is InChI=1S/C20H27BN4O4/c1-20(2,25-21(3)27)19(26)23-17(14-28-12-15-8-5-4-6-9-15)18-16(10-7-11-22)13-29-24-18/h4-6,8-9,13,17,25,27H,7,10,12,14H2,1-3H3,(H,23,26)/t17-/m1/s1. The fourth-order valence-electron chi connectivity index (χ4n) is 2.91. The first-order valence-electron chi connectivity index (χ1n) is 9.52. The quantitative estimate of drug-likeness (QED) is 0.495. The fraction of sp³-hybridized carbons (Fsp3) is 0.450. The maximum atomic E-state index is 12.8. The maximum Gasteiger partial charge on any atom is 0.374 e. The van der Waals surface area contributed by atoms with Gasteiger partial charge in [-0.3, -0.25) is 4.79 Å². The maximum absolute atomic E-state index is 12.8.